The molecule has 0 aliphatic rings. The average molecular weight is 623 g/mol. The molecule has 0 radical (unpaired) electrons. The zero-order chi connectivity index (χ0) is 32.2. The van der Waals surface area contributed by atoms with E-state index in [9.17, 15) is 14.7 Å². The number of aliphatic hydroxyl groups is 1. The van der Waals surface area contributed by atoms with Crippen LogP contribution in [0, 0.1) is 0 Å². The van der Waals surface area contributed by atoms with Crippen molar-refractivity contribution in [2.24, 2.45) is 0 Å². The molecule has 0 aromatic heterocycles. The van der Waals surface area contributed by atoms with Crippen molar-refractivity contribution in [1.82, 2.24) is 10.6 Å². The third-order valence-electron chi connectivity index (χ3n) is 9.17. The summed E-state index contributed by atoms with van der Waals surface area (Å²) in [5, 5.41) is 15.2. The minimum Gasteiger partial charge on any atom is -0.394 e. The van der Waals surface area contributed by atoms with Gasteiger partial charge in [0.2, 0.25) is 11.8 Å². The van der Waals surface area contributed by atoms with Crippen molar-refractivity contribution in [2.45, 2.75) is 225 Å². The first-order valence-electron chi connectivity index (χ1n) is 19.8. The van der Waals surface area contributed by atoms with Crippen LogP contribution >= 0.6 is 0 Å². The Morgan fingerprint density at radius 3 is 1.07 bits per heavy atom. The van der Waals surface area contributed by atoms with E-state index in [0.717, 1.165) is 25.7 Å². The summed E-state index contributed by atoms with van der Waals surface area (Å²) < 4.78 is 0. The molecule has 0 rings (SSSR count). The van der Waals surface area contributed by atoms with Gasteiger partial charge < -0.3 is 15.7 Å². The molecule has 2 amide bonds. The minimum atomic E-state index is -0.833. The highest BCUT2D eigenvalue weighted by Gasteiger charge is 2.19. The predicted molar refractivity (Wildman–Crippen MR) is 191 cm³/mol. The molecular formula is C39H78N2O3. The lowest BCUT2D eigenvalue weighted by Gasteiger charge is -2.16. The molecule has 0 saturated heterocycles. The Balaban J connectivity index is 3.48. The normalized spacial score (nSPS) is 12.0. The maximum Gasteiger partial charge on any atom is 0.244 e. The summed E-state index contributed by atoms with van der Waals surface area (Å²) in [7, 11) is 0. The van der Waals surface area contributed by atoms with E-state index in [-0.39, 0.29) is 18.4 Å². The van der Waals surface area contributed by atoms with E-state index < -0.39 is 6.04 Å². The largest absolute Gasteiger partial charge is 0.394 e. The lowest BCUT2D eigenvalue weighted by atomic mass is 10.0. The first kappa shape index (κ1) is 42.9. The molecule has 0 aliphatic heterocycles. The maximum atomic E-state index is 12.4. The molecule has 0 unspecified atom stereocenters. The molecule has 0 aromatic carbocycles. The highest BCUT2D eigenvalue weighted by Crippen LogP contribution is 2.15. The number of carbonyl (C=O) groups is 2. The van der Waals surface area contributed by atoms with Crippen LogP contribution < -0.4 is 10.6 Å². The third kappa shape index (κ3) is 32.3. The molecule has 262 valence electrons. The van der Waals surface area contributed by atoms with Crippen LogP contribution in [-0.2, 0) is 9.59 Å². The van der Waals surface area contributed by atoms with Crippen LogP contribution in [0.15, 0.2) is 0 Å². The van der Waals surface area contributed by atoms with Gasteiger partial charge in [0, 0.05) is 13.0 Å². The molecule has 0 bridgehead atoms. The number of carbonyl (C=O) groups excluding carboxylic acids is 2. The SMILES string of the molecule is CCCCCCCCCCCCCCCCCCCCCC(=O)N[C@@H](CO)C(=O)NCCCCCCCCCCCCCC. The maximum absolute atomic E-state index is 12.4. The number of nitrogens with one attached hydrogen (secondary N) is 2. The summed E-state index contributed by atoms with van der Waals surface area (Å²) in [5.41, 5.74) is 0. The predicted octanol–water partition coefficient (Wildman–Crippen LogP) is 11.1. The Bertz CT molecular complexity index is 598. The molecule has 0 fully saturated rings. The van der Waals surface area contributed by atoms with Crippen molar-refractivity contribution < 1.29 is 14.7 Å². The first-order valence-corrected chi connectivity index (χ1v) is 19.8. The lowest BCUT2D eigenvalue weighted by molar-refractivity contribution is -0.130. The van der Waals surface area contributed by atoms with Gasteiger partial charge in [0.15, 0.2) is 0 Å². The van der Waals surface area contributed by atoms with Gasteiger partial charge in [-0.15, -0.1) is 0 Å². The topological polar surface area (TPSA) is 78.4 Å². The van der Waals surface area contributed by atoms with Gasteiger partial charge >= 0.3 is 0 Å². The van der Waals surface area contributed by atoms with Gasteiger partial charge in [-0.3, -0.25) is 9.59 Å². The van der Waals surface area contributed by atoms with Crippen LogP contribution in [0.1, 0.15) is 219 Å². The molecule has 5 nitrogen and oxygen atoms in total. The molecule has 0 aliphatic carbocycles. The zero-order valence-electron chi connectivity index (χ0n) is 29.9. The summed E-state index contributed by atoms with van der Waals surface area (Å²) in [6.07, 6.45) is 41.2. The number of hydrogen-bond acceptors (Lipinski definition) is 3. The standard InChI is InChI=1S/C39H78N2O3/c1-3-5-7-9-11-13-15-17-18-19-20-21-22-23-24-26-28-30-32-34-38(43)41-37(36-42)39(44)40-35-33-31-29-27-25-16-14-12-10-8-6-4-2/h37,42H,3-36H2,1-2H3,(H,40,44)(H,41,43)/t37-/m0/s1. The number of aliphatic hydroxyl groups excluding tert-OH is 1. The zero-order valence-corrected chi connectivity index (χ0v) is 29.9. The molecule has 3 N–H and O–H groups in total. The molecule has 0 saturated carbocycles. The van der Waals surface area contributed by atoms with E-state index in [1.165, 1.54) is 173 Å². The second-order valence-electron chi connectivity index (χ2n) is 13.6. The highest BCUT2D eigenvalue weighted by molar-refractivity contribution is 5.87. The van der Waals surface area contributed by atoms with E-state index in [0.29, 0.717) is 13.0 Å². The van der Waals surface area contributed by atoms with Gasteiger partial charge in [-0.1, -0.05) is 200 Å². The van der Waals surface area contributed by atoms with E-state index in [2.05, 4.69) is 24.5 Å². The summed E-state index contributed by atoms with van der Waals surface area (Å²) in [5.74, 6) is -0.395. The van der Waals surface area contributed by atoms with Crippen molar-refractivity contribution in [3.05, 3.63) is 0 Å². The first-order chi connectivity index (χ1) is 21.7. The molecule has 1 atom stereocenters. The summed E-state index contributed by atoms with van der Waals surface area (Å²) in [6, 6.07) is -0.833. The monoisotopic (exact) mass is 623 g/mol. The van der Waals surface area contributed by atoms with E-state index >= 15 is 0 Å². The van der Waals surface area contributed by atoms with Gasteiger partial charge in [0.1, 0.15) is 6.04 Å². The second-order valence-corrected chi connectivity index (χ2v) is 13.6. The Morgan fingerprint density at radius 1 is 0.455 bits per heavy atom. The fraction of sp³-hybridized carbons (Fsp3) is 0.949. The van der Waals surface area contributed by atoms with Gasteiger partial charge in [-0.05, 0) is 12.8 Å². The molecular weight excluding hydrogens is 544 g/mol. The van der Waals surface area contributed by atoms with Gasteiger partial charge in [-0.2, -0.15) is 0 Å². The fourth-order valence-electron chi connectivity index (χ4n) is 6.13. The fourth-order valence-corrected chi connectivity index (χ4v) is 6.13. The average Bonchev–Trinajstić information content (AvgIpc) is 3.03. The van der Waals surface area contributed by atoms with Gasteiger partial charge in [0.05, 0.1) is 6.61 Å². The van der Waals surface area contributed by atoms with Crippen molar-refractivity contribution >= 4 is 11.8 Å². The van der Waals surface area contributed by atoms with Crippen LogP contribution in [-0.4, -0.2) is 36.1 Å². The van der Waals surface area contributed by atoms with Crippen LogP contribution in [0.4, 0.5) is 0 Å². The Morgan fingerprint density at radius 2 is 0.750 bits per heavy atom. The van der Waals surface area contributed by atoms with Crippen molar-refractivity contribution in [2.75, 3.05) is 13.2 Å². The smallest absolute Gasteiger partial charge is 0.244 e. The van der Waals surface area contributed by atoms with Crippen LogP contribution in [0.5, 0.6) is 0 Å². The van der Waals surface area contributed by atoms with Crippen LogP contribution in [0.2, 0.25) is 0 Å². The van der Waals surface area contributed by atoms with Crippen molar-refractivity contribution in [3.8, 4) is 0 Å². The molecule has 44 heavy (non-hydrogen) atoms. The Hall–Kier alpha value is -1.10. The van der Waals surface area contributed by atoms with Crippen LogP contribution in [0.3, 0.4) is 0 Å². The molecule has 0 aromatic rings. The number of rotatable bonds is 36. The number of hydrogen-bond donors (Lipinski definition) is 3. The van der Waals surface area contributed by atoms with E-state index in [1.807, 2.05) is 0 Å². The van der Waals surface area contributed by atoms with E-state index in [1.54, 1.807) is 0 Å². The lowest BCUT2D eigenvalue weighted by Crippen LogP contribution is -2.49. The quantitative estimate of drug-likeness (QED) is 0.0608. The van der Waals surface area contributed by atoms with Crippen molar-refractivity contribution in [3.63, 3.8) is 0 Å². The summed E-state index contributed by atoms with van der Waals surface area (Å²) in [6.45, 7) is 4.81. The number of unbranched alkanes of at least 4 members (excludes halogenated alkanes) is 29. The van der Waals surface area contributed by atoms with Gasteiger partial charge in [0.25, 0.3) is 0 Å². The summed E-state index contributed by atoms with van der Waals surface area (Å²) in [4.78, 5) is 24.7. The minimum absolute atomic E-state index is 0.128. The van der Waals surface area contributed by atoms with Crippen LogP contribution in [0.25, 0.3) is 0 Å². The Kier molecular flexibility index (Phi) is 35.5. The highest BCUT2D eigenvalue weighted by atomic mass is 16.3. The molecule has 0 spiro atoms. The molecule has 5 heteroatoms. The second kappa shape index (κ2) is 36.4. The van der Waals surface area contributed by atoms with Gasteiger partial charge in [-0.25, -0.2) is 0 Å². The molecule has 0 heterocycles. The third-order valence-corrected chi connectivity index (χ3v) is 9.17. The number of amides is 2. The summed E-state index contributed by atoms with van der Waals surface area (Å²) >= 11 is 0. The van der Waals surface area contributed by atoms with Crippen molar-refractivity contribution in [1.29, 1.82) is 0 Å². The Labute approximate surface area is 275 Å². The van der Waals surface area contributed by atoms with E-state index in [4.69, 9.17) is 0 Å².